The van der Waals surface area contributed by atoms with Gasteiger partial charge in [0.25, 0.3) is 0 Å². The molecule has 1 atom stereocenters. The molecule has 0 aliphatic carbocycles. The summed E-state index contributed by atoms with van der Waals surface area (Å²) < 4.78 is 11.3. The molecule has 0 N–H and O–H groups in total. The average Bonchev–Trinajstić information content (AvgIpc) is 2.33. The van der Waals surface area contributed by atoms with E-state index < -0.39 is 0 Å². The molecule has 0 unspecified atom stereocenters. The zero-order chi connectivity index (χ0) is 11.2. The van der Waals surface area contributed by atoms with Gasteiger partial charge >= 0.3 is 0 Å². The van der Waals surface area contributed by atoms with Gasteiger partial charge in [-0.2, -0.15) is 4.18 Å². The number of hydrogen-bond acceptors (Lipinski definition) is 2. The first-order valence-electron chi connectivity index (χ1n) is 5.86. The Balaban J connectivity index is 1.69. The molecule has 2 nitrogen and oxygen atoms in total. The molecular formula is C13H19O2S+. The molecule has 1 aromatic rings. The lowest BCUT2D eigenvalue weighted by Crippen LogP contribution is -2.24. The second-order valence-electron chi connectivity index (χ2n) is 4.21. The van der Waals surface area contributed by atoms with E-state index >= 15 is 0 Å². The lowest BCUT2D eigenvalue weighted by molar-refractivity contribution is -0.00735. The second kappa shape index (κ2) is 6.28. The SMILES string of the molecule is Cc1ccc([SH+]OC[C@@H]2CCCCO2)cc1. The summed E-state index contributed by atoms with van der Waals surface area (Å²) in [5, 5.41) is 0. The van der Waals surface area contributed by atoms with E-state index in [1.807, 2.05) is 0 Å². The Bertz CT molecular complexity index is 304. The van der Waals surface area contributed by atoms with Crippen LogP contribution in [0.25, 0.3) is 0 Å². The van der Waals surface area contributed by atoms with Gasteiger partial charge in [-0.25, -0.2) is 0 Å². The molecule has 2 rings (SSSR count). The van der Waals surface area contributed by atoms with Gasteiger partial charge in [0.15, 0.2) is 16.9 Å². The van der Waals surface area contributed by atoms with Crippen LogP contribution >= 0.6 is 0 Å². The molecule has 0 amide bonds. The van der Waals surface area contributed by atoms with E-state index in [0.29, 0.717) is 6.10 Å². The third kappa shape index (κ3) is 3.81. The highest BCUT2D eigenvalue weighted by molar-refractivity contribution is 7.73. The van der Waals surface area contributed by atoms with E-state index in [-0.39, 0.29) is 0 Å². The van der Waals surface area contributed by atoms with Crippen molar-refractivity contribution in [2.24, 2.45) is 0 Å². The van der Waals surface area contributed by atoms with Gasteiger partial charge < -0.3 is 4.74 Å². The third-order valence-electron chi connectivity index (χ3n) is 2.74. The highest BCUT2D eigenvalue weighted by atomic mass is 32.2. The summed E-state index contributed by atoms with van der Waals surface area (Å²) in [6.45, 7) is 3.71. The monoisotopic (exact) mass is 239 g/mol. The minimum atomic E-state index is 0.312. The Labute approximate surface area is 102 Å². The molecule has 0 bridgehead atoms. The van der Waals surface area contributed by atoms with Gasteiger partial charge in [0.1, 0.15) is 6.61 Å². The molecule has 1 heterocycles. The normalized spacial score (nSPS) is 20.9. The van der Waals surface area contributed by atoms with E-state index in [1.54, 1.807) is 0 Å². The Kier molecular flexibility index (Phi) is 4.69. The van der Waals surface area contributed by atoms with Crippen molar-refractivity contribution in [2.45, 2.75) is 37.2 Å². The van der Waals surface area contributed by atoms with Gasteiger partial charge in [-0.1, -0.05) is 17.7 Å². The number of aryl methyl sites for hydroxylation is 1. The molecular weight excluding hydrogens is 220 g/mol. The van der Waals surface area contributed by atoms with Crippen molar-refractivity contribution in [2.75, 3.05) is 13.2 Å². The van der Waals surface area contributed by atoms with Crippen LogP contribution in [0.15, 0.2) is 29.2 Å². The summed E-state index contributed by atoms with van der Waals surface area (Å²) in [7, 11) is 0. The van der Waals surface area contributed by atoms with Gasteiger partial charge in [0, 0.05) is 6.61 Å². The van der Waals surface area contributed by atoms with E-state index in [9.17, 15) is 0 Å². The summed E-state index contributed by atoms with van der Waals surface area (Å²) in [4.78, 5) is 1.21. The smallest absolute Gasteiger partial charge is 0.187 e. The summed E-state index contributed by atoms with van der Waals surface area (Å²) in [6, 6.07) is 8.45. The zero-order valence-electron chi connectivity index (χ0n) is 9.69. The molecule has 0 aromatic heterocycles. The van der Waals surface area contributed by atoms with Gasteiger partial charge in [-0.15, -0.1) is 0 Å². The molecule has 1 aliphatic heterocycles. The van der Waals surface area contributed by atoms with Crippen LogP contribution in [-0.4, -0.2) is 19.3 Å². The fraction of sp³-hybridized carbons (Fsp3) is 0.538. The minimum Gasteiger partial charge on any atom is -0.376 e. The first-order chi connectivity index (χ1) is 7.84. The number of ether oxygens (including phenoxy) is 1. The van der Waals surface area contributed by atoms with E-state index in [1.165, 1.54) is 23.3 Å². The number of hydrogen-bond donors (Lipinski definition) is 0. The molecule has 1 aromatic carbocycles. The summed E-state index contributed by atoms with van der Waals surface area (Å²) in [6.07, 6.45) is 3.93. The largest absolute Gasteiger partial charge is 0.376 e. The van der Waals surface area contributed by atoms with Crippen molar-refractivity contribution < 1.29 is 8.92 Å². The van der Waals surface area contributed by atoms with Crippen molar-refractivity contribution >= 4 is 12.0 Å². The molecule has 1 saturated heterocycles. The lowest BCUT2D eigenvalue weighted by atomic mass is 10.1. The van der Waals surface area contributed by atoms with Crippen molar-refractivity contribution in [3.8, 4) is 0 Å². The Morgan fingerprint density at radius 2 is 2.12 bits per heavy atom. The first-order valence-corrected chi connectivity index (χ1v) is 6.67. The predicted octanol–water partition coefficient (Wildman–Crippen LogP) is 2.67. The maximum Gasteiger partial charge on any atom is 0.187 e. The lowest BCUT2D eigenvalue weighted by Gasteiger charge is -2.20. The van der Waals surface area contributed by atoms with Crippen LogP contribution in [0.1, 0.15) is 24.8 Å². The van der Waals surface area contributed by atoms with Crippen LogP contribution in [0, 0.1) is 6.92 Å². The molecule has 1 aliphatic rings. The van der Waals surface area contributed by atoms with Crippen LogP contribution < -0.4 is 0 Å². The van der Waals surface area contributed by atoms with E-state index in [4.69, 9.17) is 8.92 Å². The number of rotatable bonds is 4. The number of thiol groups is 1. The Morgan fingerprint density at radius 1 is 1.31 bits per heavy atom. The van der Waals surface area contributed by atoms with Crippen LogP contribution in [-0.2, 0) is 21.0 Å². The Morgan fingerprint density at radius 3 is 2.81 bits per heavy atom. The fourth-order valence-corrected chi connectivity index (χ4v) is 2.40. The van der Waals surface area contributed by atoms with E-state index in [0.717, 1.165) is 31.7 Å². The summed E-state index contributed by atoms with van der Waals surface area (Å²) >= 11 is 0.944. The average molecular weight is 239 g/mol. The van der Waals surface area contributed by atoms with Crippen molar-refractivity contribution in [3.63, 3.8) is 0 Å². The molecule has 0 radical (unpaired) electrons. The van der Waals surface area contributed by atoms with Crippen molar-refractivity contribution in [1.82, 2.24) is 0 Å². The van der Waals surface area contributed by atoms with Crippen molar-refractivity contribution in [3.05, 3.63) is 29.8 Å². The predicted molar refractivity (Wildman–Crippen MR) is 67.7 cm³/mol. The first kappa shape index (κ1) is 12.0. The second-order valence-corrected chi connectivity index (χ2v) is 5.17. The van der Waals surface area contributed by atoms with Crippen LogP contribution in [0.4, 0.5) is 0 Å². The van der Waals surface area contributed by atoms with Gasteiger partial charge in [0.2, 0.25) is 0 Å². The topological polar surface area (TPSA) is 18.5 Å². The summed E-state index contributed by atoms with van der Waals surface area (Å²) in [5.41, 5.74) is 1.29. The maximum absolute atomic E-state index is 5.65. The Hall–Kier alpha value is -0.510. The van der Waals surface area contributed by atoms with Crippen LogP contribution in [0.5, 0.6) is 0 Å². The third-order valence-corrected chi connectivity index (χ3v) is 3.53. The van der Waals surface area contributed by atoms with Crippen molar-refractivity contribution in [1.29, 1.82) is 0 Å². The standard InChI is InChI=1S/C13H18O2S/c1-11-5-7-13(8-6-11)16-15-10-12-4-2-3-9-14-12/h5-8,12H,2-4,9-10H2,1H3/p+1/t12-/m0/s1. The number of benzene rings is 1. The molecule has 1 fully saturated rings. The molecule has 0 saturated carbocycles. The molecule has 3 heteroatoms. The maximum atomic E-state index is 5.65. The molecule has 16 heavy (non-hydrogen) atoms. The highest BCUT2D eigenvalue weighted by Gasteiger charge is 2.16. The van der Waals surface area contributed by atoms with Gasteiger partial charge in [-0.3, -0.25) is 0 Å². The summed E-state index contributed by atoms with van der Waals surface area (Å²) in [5.74, 6) is 0. The van der Waals surface area contributed by atoms with Crippen LogP contribution in [0.3, 0.4) is 0 Å². The highest BCUT2D eigenvalue weighted by Crippen LogP contribution is 2.14. The van der Waals surface area contributed by atoms with E-state index in [2.05, 4.69) is 31.2 Å². The van der Waals surface area contributed by atoms with Gasteiger partial charge in [0.05, 0.1) is 6.10 Å². The molecule has 88 valence electrons. The fourth-order valence-electron chi connectivity index (χ4n) is 1.74. The quantitative estimate of drug-likeness (QED) is 0.594. The van der Waals surface area contributed by atoms with Gasteiger partial charge in [-0.05, 0) is 38.3 Å². The zero-order valence-corrected chi connectivity index (χ0v) is 10.6. The van der Waals surface area contributed by atoms with Crippen LogP contribution in [0.2, 0.25) is 0 Å². The molecule has 0 spiro atoms. The minimum absolute atomic E-state index is 0.312.